The molecule has 1 aliphatic heterocycles. The van der Waals surface area contributed by atoms with Crippen molar-refractivity contribution in [3.05, 3.63) is 65.1 Å². The summed E-state index contributed by atoms with van der Waals surface area (Å²) in [6.45, 7) is 22.4. The van der Waals surface area contributed by atoms with Gasteiger partial charge in [0.1, 0.15) is 18.8 Å². The third kappa shape index (κ3) is 4.78. The molecule has 1 saturated heterocycles. The van der Waals surface area contributed by atoms with Crippen molar-refractivity contribution in [2.45, 2.75) is 112 Å². The van der Waals surface area contributed by atoms with E-state index >= 15 is 0 Å². The van der Waals surface area contributed by atoms with E-state index in [4.69, 9.17) is 14.7 Å². The lowest BCUT2D eigenvalue weighted by Gasteiger charge is -2.71. The molecule has 5 aliphatic carbocycles. The number of rotatable bonds is 4. The average molecular weight is 679 g/mol. The molecular formula is C44H62N4O2. The fraction of sp³-hybridized carbons (Fsp3) is 0.705. The van der Waals surface area contributed by atoms with Crippen molar-refractivity contribution in [3.63, 3.8) is 0 Å². The van der Waals surface area contributed by atoms with Crippen molar-refractivity contribution in [3.8, 4) is 0 Å². The van der Waals surface area contributed by atoms with Crippen molar-refractivity contribution in [2.24, 2.45) is 51.2 Å². The highest BCUT2D eigenvalue weighted by Gasteiger charge is 2.69. The first-order chi connectivity index (χ1) is 23.8. The summed E-state index contributed by atoms with van der Waals surface area (Å²) >= 11 is 0. The third-order valence-electron chi connectivity index (χ3n) is 16.6. The van der Waals surface area contributed by atoms with Gasteiger partial charge in [0.2, 0.25) is 0 Å². The fourth-order valence-electron chi connectivity index (χ4n) is 13.5. The van der Waals surface area contributed by atoms with Gasteiger partial charge in [0.25, 0.3) is 0 Å². The monoisotopic (exact) mass is 678 g/mol. The minimum absolute atomic E-state index is 0.0175. The Morgan fingerprint density at radius 3 is 2.38 bits per heavy atom. The first-order valence-corrected chi connectivity index (χ1v) is 20.0. The molecule has 4 fully saturated rings. The fourth-order valence-corrected chi connectivity index (χ4v) is 13.5. The van der Waals surface area contributed by atoms with E-state index in [-0.39, 0.29) is 33.5 Å². The second kappa shape index (κ2) is 11.9. The molecule has 0 spiro atoms. The Labute approximate surface area is 301 Å². The van der Waals surface area contributed by atoms with E-state index in [9.17, 15) is 4.79 Å². The summed E-state index contributed by atoms with van der Waals surface area (Å²) < 4.78 is 6.28. The lowest BCUT2D eigenvalue weighted by molar-refractivity contribution is -0.184. The van der Waals surface area contributed by atoms with Gasteiger partial charge in [0.05, 0.1) is 11.1 Å². The number of benzene rings is 1. The predicted molar refractivity (Wildman–Crippen MR) is 201 cm³/mol. The van der Waals surface area contributed by atoms with Crippen LogP contribution in [0.1, 0.15) is 110 Å². The number of esters is 1. The predicted octanol–water partition coefficient (Wildman–Crippen LogP) is 8.64. The van der Waals surface area contributed by atoms with Crippen LogP contribution in [0.25, 0.3) is 0 Å². The average Bonchev–Trinajstić information content (AvgIpc) is 3.09. The molecule has 50 heavy (non-hydrogen) atoms. The number of likely N-dealkylation sites (N-methyl/N-ethyl adjacent to an activating group) is 1. The molecule has 8 rings (SSSR count). The van der Waals surface area contributed by atoms with Crippen LogP contribution in [0, 0.1) is 51.2 Å². The number of nitrogens with zero attached hydrogens (tertiary/aromatic N) is 4. The van der Waals surface area contributed by atoms with E-state index < -0.39 is 5.41 Å². The Morgan fingerprint density at radius 1 is 0.900 bits per heavy atom. The van der Waals surface area contributed by atoms with E-state index in [1.165, 1.54) is 29.9 Å². The Bertz CT molecular complexity index is 1660. The molecule has 6 nitrogen and oxygen atoms in total. The number of piperazine rings is 1. The van der Waals surface area contributed by atoms with Gasteiger partial charge in [0.15, 0.2) is 0 Å². The molecule has 6 aliphatic rings. The number of ether oxygens (including phenoxy) is 1. The highest BCUT2D eigenvalue weighted by atomic mass is 16.5. The third-order valence-corrected chi connectivity index (χ3v) is 16.6. The summed E-state index contributed by atoms with van der Waals surface area (Å²) in [5.74, 6) is 3.68. The van der Waals surface area contributed by atoms with Gasteiger partial charge in [-0.25, -0.2) is 9.97 Å². The van der Waals surface area contributed by atoms with Gasteiger partial charge in [-0.05, 0) is 110 Å². The maximum atomic E-state index is 14.5. The lowest BCUT2D eigenvalue weighted by atomic mass is 9.33. The summed E-state index contributed by atoms with van der Waals surface area (Å²) in [4.78, 5) is 29.6. The van der Waals surface area contributed by atoms with E-state index in [0.29, 0.717) is 30.3 Å². The Kier molecular flexibility index (Phi) is 8.18. The minimum atomic E-state index is -0.420. The second-order valence-electron chi connectivity index (χ2n) is 19.1. The molecule has 9 atom stereocenters. The molecule has 0 bridgehead atoms. The van der Waals surface area contributed by atoms with E-state index in [2.05, 4.69) is 83.5 Å². The van der Waals surface area contributed by atoms with Crippen LogP contribution < -0.4 is 4.90 Å². The maximum Gasteiger partial charge on any atom is 0.313 e. The molecule has 1 aromatic carbocycles. The number of aromatic nitrogens is 2. The van der Waals surface area contributed by atoms with Gasteiger partial charge in [-0.3, -0.25) is 4.79 Å². The summed E-state index contributed by atoms with van der Waals surface area (Å²) in [5.41, 5.74) is 5.30. The van der Waals surface area contributed by atoms with Crippen molar-refractivity contribution in [1.82, 2.24) is 14.9 Å². The minimum Gasteiger partial charge on any atom is -0.460 e. The summed E-state index contributed by atoms with van der Waals surface area (Å²) in [5, 5.41) is 0. The Morgan fingerprint density at radius 2 is 1.64 bits per heavy atom. The Balaban J connectivity index is 1.17. The number of hydrogen-bond donors (Lipinski definition) is 0. The topological polar surface area (TPSA) is 58.6 Å². The highest BCUT2D eigenvalue weighted by molar-refractivity contribution is 5.79. The smallest absolute Gasteiger partial charge is 0.313 e. The normalized spacial score (nSPS) is 40.7. The zero-order valence-electron chi connectivity index (χ0n) is 32.2. The van der Waals surface area contributed by atoms with Crippen molar-refractivity contribution in [2.75, 3.05) is 38.1 Å². The van der Waals surface area contributed by atoms with Gasteiger partial charge >= 0.3 is 5.97 Å². The van der Waals surface area contributed by atoms with Crippen LogP contribution in [0.2, 0.25) is 0 Å². The maximum absolute atomic E-state index is 14.5. The molecule has 0 N–H and O–H groups in total. The van der Waals surface area contributed by atoms with Crippen molar-refractivity contribution in [1.29, 1.82) is 0 Å². The molecule has 270 valence electrons. The van der Waals surface area contributed by atoms with Crippen LogP contribution in [-0.4, -0.2) is 54.1 Å². The zero-order chi connectivity index (χ0) is 35.3. The van der Waals surface area contributed by atoms with Gasteiger partial charge in [-0.1, -0.05) is 90.4 Å². The van der Waals surface area contributed by atoms with Crippen molar-refractivity contribution >= 4 is 11.8 Å². The van der Waals surface area contributed by atoms with E-state index in [1.807, 2.05) is 24.5 Å². The number of allylic oxidation sites excluding steroid dienone is 2. The first-order valence-electron chi connectivity index (χ1n) is 20.0. The van der Waals surface area contributed by atoms with Gasteiger partial charge in [-0.2, -0.15) is 0 Å². The van der Waals surface area contributed by atoms with Gasteiger partial charge in [0, 0.05) is 37.2 Å². The molecule has 3 saturated carbocycles. The lowest BCUT2D eigenvalue weighted by Crippen LogP contribution is -2.65. The molecule has 0 unspecified atom stereocenters. The van der Waals surface area contributed by atoms with Crippen LogP contribution in [0.5, 0.6) is 0 Å². The van der Waals surface area contributed by atoms with Crippen molar-refractivity contribution < 1.29 is 9.53 Å². The second-order valence-corrected chi connectivity index (χ2v) is 19.1. The molecular weight excluding hydrogens is 617 g/mol. The van der Waals surface area contributed by atoms with E-state index in [0.717, 1.165) is 70.3 Å². The molecule has 0 radical (unpaired) electrons. The summed E-state index contributed by atoms with van der Waals surface area (Å²) in [6.07, 6.45) is 13.2. The standard InChI is InChI=1S/C44H62N4O2/c1-29-16-19-44(39(49)50-27-31-12-10-9-11-13-31)21-20-42(6)33(36(44)30(29)2)14-15-35-41(5)26-32-37(40(3,4)34(41)17-18-43(35,42)7)45-28-46-38(32)48-24-22-47(8)23-25-48/h9-14,28-30,34-36H,15-27H2,1-8H3/t29-,30-,34+,35-,36-,41+,42+,43-,44-/m0/s1. The van der Waals surface area contributed by atoms with Gasteiger partial charge in [-0.15, -0.1) is 0 Å². The first kappa shape index (κ1) is 34.4. The molecule has 0 amide bonds. The quantitative estimate of drug-likeness (QED) is 0.238. The summed E-state index contributed by atoms with van der Waals surface area (Å²) in [6, 6.07) is 10.2. The van der Waals surface area contributed by atoms with Crippen LogP contribution in [0.4, 0.5) is 5.82 Å². The summed E-state index contributed by atoms with van der Waals surface area (Å²) in [7, 11) is 2.23. The number of carbonyl (C=O) groups excluding carboxylic acids is 1. The number of fused-ring (bicyclic) bond motifs is 8. The van der Waals surface area contributed by atoms with Gasteiger partial charge < -0.3 is 14.5 Å². The van der Waals surface area contributed by atoms with Crippen LogP contribution in [0.3, 0.4) is 0 Å². The number of hydrogen-bond acceptors (Lipinski definition) is 6. The molecule has 6 heteroatoms. The highest BCUT2D eigenvalue weighted by Crippen LogP contribution is 2.75. The SMILES string of the molecule is C[C@@H]1[C@H]2C3=CC[C@H]4[C@]5(C)Cc6c(N7CCN(C)CC7)ncnc6C(C)(C)[C@H]5CC[C@]4(C)[C@]3(C)CC[C@@]2(C(=O)OCc2ccccc2)CC[C@@H]1C. The van der Waals surface area contributed by atoms with Crippen LogP contribution in [-0.2, 0) is 28.0 Å². The number of anilines is 1. The molecule has 2 aromatic rings. The Hall–Kier alpha value is -2.73. The van der Waals surface area contributed by atoms with E-state index in [1.54, 1.807) is 5.57 Å². The largest absolute Gasteiger partial charge is 0.460 e. The molecule has 2 heterocycles. The van der Waals surface area contributed by atoms with Crippen LogP contribution in [0.15, 0.2) is 48.3 Å². The zero-order valence-corrected chi connectivity index (χ0v) is 32.2. The molecule has 1 aromatic heterocycles. The van der Waals surface area contributed by atoms with Crippen LogP contribution >= 0.6 is 0 Å². The number of carbonyl (C=O) groups is 1.